The third kappa shape index (κ3) is 17.9. The summed E-state index contributed by atoms with van der Waals surface area (Å²) in [5.74, 6) is -1.54. The Balaban J connectivity index is 0.00000225. The van der Waals surface area contributed by atoms with E-state index in [9.17, 15) is 23.7 Å². The van der Waals surface area contributed by atoms with E-state index in [0.717, 1.165) is 18.4 Å². The maximum absolute atomic E-state index is 14.2. The standard InChI is InChI=1S/C39H68N5O10P.C4H11NO3/c1-13-26(6)35(43(10)39(48)33(24(2)3)41-38(47)34(25(4)5)42(8)9)31(52-11)23-32(45)44-22-14-15-30(44)36(53-12)27(7)37(46)40-21-20-28-16-18-29(19-17-28)54-55(49,50)51;5-4(1-6,2-7)3-8/h16-19,24-27,30-31,33-36H,13-15,20-23H2,1-12H3,(H,40,46)(H,41,47)(H2,49,50,51);6-8H,1-3,5H2/t26-,27+,30-,31+,33-,34-,35-,36+;/m0./s1. The van der Waals surface area contributed by atoms with Crippen molar-refractivity contribution in [3.63, 3.8) is 0 Å². The third-order valence-electron chi connectivity index (χ3n) is 11.8. The summed E-state index contributed by atoms with van der Waals surface area (Å²) in [5.41, 5.74) is 4.78. The molecule has 63 heavy (non-hydrogen) atoms. The number of benzene rings is 1. The molecule has 0 aliphatic carbocycles. The smallest absolute Gasteiger partial charge is 0.404 e. The molecule has 9 N–H and O–H groups in total. The number of hydrogen-bond acceptors (Lipinski definition) is 13. The minimum absolute atomic E-state index is 0.0172. The van der Waals surface area contributed by atoms with Crippen molar-refractivity contribution in [1.82, 2.24) is 25.3 Å². The highest BCUT2D eigenvalue weighted by atomic mass is 31.2. The lowest BCUT2D eigenvalue weighted by atomic mass is 9.89. The summed E-state index contributed by atoms with van der Waals surface area (Å²) in [5, 5.41) is 31.0. The van der Waals surface area contributed by atoms with Crippen LogP contribution >= 0.6 is 7.82 Å². The summed E-state index contributed by atoms with van der Waals surface area (Å²) in [6, 6.07) is 4.27. The zero-order chi connectivity index (χ0) is 48.4. The number of likely N-dealkylation sites (N-methyl/N-ethyl adjacent to an activating group) is 2. The second-order valence-electron chi connectivity index (χ2n) is 17.6. The molecule has 1 aromatic rings. The number of hydrogen-bond donors (Lipinski definition) is 8. The van der Waals surface area contributed by atoms with Gasteiger partial charge in [-0.05, 0) is 68.8 Å². The second kappa shape index (κ2) is 27.3. The maximum Gasteiger partial charge on any atom is 0.524 e. The Labute approximate surface area is 374 Å². The van der Waals surface area contributed by atoms with E-state index < -0.39 is 69.4 Å². The number of rotatable bonds is 25. The van der Waals surface area contributed by atoms with Crippen LogP contribution in [0.1, 0.15) is 79.7 Å². The van der Waals surface area contributed by atoms with Crippen LogP contribution in [0.2, 0.25) is 0 Å². The van der Waals surface area contributed by atoms with Crippen molar-refractivity contribution in [3.05, 3.63) is 29.8 Å². The monoisotopic (exact) mass is 919 g/mol. The van der Waals surface area contributed by atoms with Crippen molar-refractivity contribution < 1.29 is 62.8 Å². The number of nitrogens with two attached hydrogens (primary N) is 1. The minimum atomic E-state index is -4.65. The van der Waals surface area contributed by atoms with E-state index in [4.69, 9.17) is 40.3 Å². The normalized spacial score (nSPS) is 17.9. The Kier molecular flexibility index (Phi) is 25.0. The molecule has 1 heterocycles. The fourth-order valence-corrected chi connectivity index (χ4v) is 8.30. The van der Waals surface area contributed by atoms with Crippen molar-refractivity contribution >= 4 is 31.5 Å². The van der Waals surface area contributed by atoms with Gasteiger partial charge >= 0.3 is 7.82 Å². The number of amides is 4. The van der Waals surface area contributed by atoms with E-state index in [1.165, 1.54) is 12.1 Å². The van der Waals surface area contributed by atoms with Gasteiger partial charge in [0.25, 0.3) is 0 Å². The molecule has 0 radical (unpaired) electrons. The Hall–Kier alpha value is -3.23. The molecule has 8 atom stereocenters. The summed E-state index contributed by atoms with van der Waals surface area (Å²) < 4.78 is 27.6. The quantitative estimate of drug-likeness (QED) is 0.0639. The second-order valence-corrected chi connectivity index (χ2v) is 18.7. The number of phosphoric ester groups is 1. The number of nitrogens with zero attached hydrogens (tertiary/aromatic N) is 3. The first-order valence-electron chi connectivity index (χ1n) is 21.7. The van der Waals surface area contributed by atoms with Crippen molar-refractivity contribution in [2.45, 2.75) is 122 Å². The summed E-state index contributed by atoms with van der Waals surface area (Å²) in [7, 11) is 3.86. The fraction of sp³-hybridized carbons (Fsp3) is 0.767. The third-order valence-corrected chi connectivity index (χ3v) is 12.2. The van der Waals surface area contributed by atoms with Gasteiger partial charge in [-0.1, -0.05) is 67.0 Å². The van der Waals surface area contributed by atoms with Gasteiger partial charge in [-0.3, -0.25) is 33.9 Å². The van der Waals surface area contributed by atoms with Gasteiger partial charge in [0.2, 0.25) is 23.6 Å². The number of ether oxygens (including phenoxy) is 2. The largest absolute Gasteiger partial charge is 0.524 e. The number of carbonyl (C=O) groups excluding carboxylic acids is 4. The van der Waals surface area contributed by atoms with Crippen LogP contribution < -0.4 is 20.9 Å². The molecule has 1 fully saturated rings. The van der Waals surface area contributed by atoms with Crippen LogP contribution in [0, 0.1) is 23.7 Å². The van der Waals surface area contributed by atoms with Crippen LogP contribution in [0.5, 0.6) is 5.75 Å². The van der Waals surface area contributed by atoms with E-state index in [1.54, 1.807) is 50.1 Å². The number of methoxy groups -OCH3 is 2. The Morgan fingerprint density at radius 1 is 0.921 bits per heavy atom. The van der Waals surface area contributed by atoms with E-state index in [1.807, 2.05) is 60.5 Å². The highest BCUT2D eigenvalue weighted by Gasteiger charge is 2.43. The molecule has 2 rings (SSSR count). The molecule has 0 unspecified atom stereocenters. The highest BCUT2D eigenvalue weighted by Crippen LogP contribution is 2.37. The van der Waals surface area contributed by atoms with Gasteiger partial charge in [0.1, 0.15) is 11.8 Å². The van der Waals surface area contributed by atoms with Crippen LogP contribution in [0.4, 0.5) is 0 Å². The molecule has 364 valence electrons. The fourth-order valence-electron chi connectivity index (χ4n) is 7.91. The molecule has 1 aliphatic rings. The summed E-state index contributed by atoms with van der Waals surface area (Å²) >= 11 is 0. The van der Waals surface area contributed by atoms with Gasteiger partial charge in [-0.15, -0.1) is 0 Å². The molecule has 1 aliphatic heterocycles. The molecule has 19 nitrogen and oxygen atoms in total. The molecule has 0 saturated carbocycles. The van der Waals surface area contributed by atoms with Crippen LogP contribution in [-0.2, 0) is 39.6 Å². The molecule has 1 aromatic carbocycles. The van der Waals surface area contributed by atoms with E-state index in [-0.39, 0.29) is 59.6 Å². The number of aliphatic hydroxyl groups excluding tert-OH is 3. The Morgan fingerprint density at radius 2 is 1.49 bits per heavy atom. The molecule has 0 bridgehead atoms. The van der Waals surface area contributed by atoms with Crippen molar-refractivity contribution in [3.8, 4) is 5.75 Å². The van der Waals surface area contributed by atoms with Gasteiger partial charge in [0.05, 0.1) is 68.0 Å². The number of phosphoric acid groups is 1. The average molecular weight is 919 g/mol. The van der Waals surface area contributed by atoms with Gasteiger partial charge in [-0.25, -0.2) is 4.57 Å². The van der Waals surface area contributed by atoms with E-state index in [2.05, 4.69) is 15.2 Å². The molecule has 20 heteroatoms. The van der Waals surface area contributed by atoms with Gasteiger partial charge in [0, 0.05) is 34.4 Å². The first-order chi connectivity index (χ1) is 29.4. The topological polar surface area (TPSA) is 274 Å². The predicted octanol–water partition coefficient (Wildman–Crippen LogP) is 1.12. The first kappa shape index (κ1) is 57.8. The van der Waals surface area contributed by atoms with Crippen LogP contribution in [-0.4, -0.2) is 174 Å². The van der Waals surface area contributed by atoms with Crippen LogP contribution in [0.3, 0.4) is 0 Å². The lowest BCUT2D eigenvalue weighted by molar-refractivity contribution is -0.148. The van der Waals surface area contributed by atoms with Gasteiger partial charge in [-0.2, -0.15) is 0 Å². The van der Waals surface area contributed by atoms with Gasteiger partial charge in [0.15, 0.2) is 0 Å². The molecule has 0 spiro atoms. The summed E-state index contributed by atoms with van der Waals surface area (Å²) in [6.07, 6.45) is 1.43. The van der Waals surface area contributed by atoms with Crippen LogP contribution in [0.15, 0.2) is 24.3 Å². The minimum Gasteiger partial charge on any atom is -0.404 e. The number of nitrogens with one attached hydrogen (secondary N) is 2. The average Bonchev–Trinajstić information content (AvgIpc) is 3.71. The zero-order valence-electron chi connectivity index (χ0n) is 39.5. The summed E-state index contributed by atoms with van der Waals surface area (Å²) in [6.45, 7) is 13.2. The Bertz CT molecular complexity index is 1580. The predicted molar refractivity (Wildman–Crippen MR) is 239 cm³/mol. The van der Waals surface area contributed by atoms with E-state index >= 15 is 0 Å². The lowest BCUT2D eigenvalue weighted by Crippen LogP contribution is -2.59. The lowest BCUT2D eigenvalue weighted by Gasteiger charge is -2.41. The number of likely N-dealkylation sites (tertiary alicyclic amines) is 1. The molecular formula is C43H79N6O13P. The molecule has 1 saturated heterocycles. The van der Waals surface area contributed by atoms with E-state index in [0.29, 0.717) is 25.9 Å². The Morgan fingerprint density at radius 3 is 1.92 bits per heavy atom. The number of aliphatic hydroxyl groups is 3. The number of carbonyl (C=O) groups is 4. The van der Waals surface area contributed by atoms with Crippen molar-refractivity contribution in [1.29, 1.82) is 0 Å². The maximum atomic E-state index is 14.2. The van der Waals surface area contributed by atoms with Crippen LogP contribution in [0.25, 0.3) is 0 Å². The molecular weight excluding hydrogens is 839 g/mol. The highest BCUT2D eigenvalue weighted by molar-refractivity contribution is 7.46. The molecule has 4 amide bonds. The zero-order valence-corrected chi connectivity index (χ0v) is 40.4. The van der Waals surface area contributed by atoms with Gasteiger partial charge < -0.3 is 55.5 Å². The first-order valence-corrected chi connectivity index (χ1v) is 23.2. The molecule has 0 aromatic heterocycles. The van der Waals surface area contributed by atoms with Crippen molar-refractivity contribution in [2.75, 3.05) is 68.3 Å². The summed E-state index contributed by atoms with van der Waals surface area (Å²) in [4.78, 5) is 78.3. The SMILES string of the molecule is CC[C@H](C)[C@@H]([C@@H](CC(=O)N1CCC[C@H]1[C@H](OC)[C@@H](C)C(=O)NCCc1ccc(OP(=O)(O)O)cc1)OC)N(C)C(=O)[C@@H](NC(=O)[C@H](C(C)C)N(C)C)C(C)C.NC(CO)(CO)CO. The van der Waals surface area contributed by atoms with Crippen molar-refractivity contribution in [2.24, 2.45) is 29.4 Å².